The van der Waals surface area contributed by atoms with Crippen molar-refractivity contribution in [1.82, 2.24) is 0 Å². The van der Waals surface area contributed by atoms with Gasteiger partial charge in [-0.25, -0.2) is 8.78 Å². The van der Waals surface area contributed by atoms with Crippen molar-refractivity contribution in [3.05, 3.63) is 64.2 Å². The maximum Gasteiger partial charge on any atom is 0.169 e. The first-order valence-electron chi connectivity index (χ1n) is 9.31. The van der Waals surface area contributed by atoms with E-state index in [-0.39, 0.29) is 12.0 Å². The average Bonchev–Trinajstić information content (AvgIpc) is 2.70. The number of aryl methyl sites for hydroxylation is 1. The second kappa shape index (κ2) is 8.88. The third-order valence-electron chi connectivity index (χ3n) is 5.33. The maximum absolute atomic E-state index is 13.4. The highest BCUT2D eigenvalue weighted by Gasteiger charge is 2.31. The summed E-state index contributed by atoms with van der Waals surface area (Å²) in [6, 6.07) is 7.37. The Kier molecular flexibility index (Phi) is 6.49. The van der Waals surface area contributed by atoms with Crippen LogP contribution in [0.2, 0.25) is 5.02 Å². The molecule has 0 spiro atoms. The van der Waals surface area contributed by atoms with E-state index in [1.807, 2.05) is 25.1 Å². The highest BCUT2D eigenvalue weighted by Crippen LogP contribution is 2.24. The van der Waals surface area contributed by atoms with Gasteiger partial charge in [0, 0.05) is 16.3 Å². The van der Waals surface area contributed by atoms with E-state index in [9.17, 15) is 23.5 Å². The van der Waals surface area contributed by atoms with Crippen LogP contribution in [0.15, 0.2) is 36.4 Å². The number of anilines is 1. The van der Waals surface area contributed by atoms with Gasteiger partial charge in [-0.05, 0) is 42.8 Å². The van der Waals surface area contributed by atoms with Crippen LogP contribution < -0.4 is 14.9 Å². The van der Waals surface area contributed by atoms with Crippen LogP contribution in [0.1, 0.15) is 22.3 Å². The summed E-state index contributed by atoms with van der Waals surface area (Å²) in [6.07, 6.45) is -0.334. The number of benzene rings is 2. The van der Waals surface area contributed by atoms with Gasteiger partial charge < -0.3 is 19.7 Å². The average molecular weight is 423 g/mol. The molecule has 5 nitrogen and oxygen atoms in total. The van der Waals surface area contributed by atoms with E-state index in [4.69, 9.17) is 11.6 Å². The number of halogens is 3. The molecular formula is C21H21ClF2N2O3. The van der Waals surface area contributed by atoms with Gasteiger partial charge in [-0.2, -0.15) is 0 Å². The monoisotopic (exact) mass is 422 g/mol. The number of carboxylic acids is 1. The Morgan fingerprint density at radius 1 is 1.14 bits per heavy atom. The van der Waals surface area contributed by atoms with Gasteiger partial charge >= 0.3 is 0 Å². The Balaban J connectivity index is 1.68. The summed E-state index contributed by atoms with van der Waals surface area (Å²) >= 11 is 6.09. The Morgan fingerprint density at radius 2 is 1.83 bits per heavy atom. The summed E-state index contributed by atoms with van der Waals surface area (Å²) in [5.41, 5.74) is 2.02. The van der Waals surface area contributed by atoms with Gasteiger partial charge in [-0.1, -0.05) is 17.7 Å². The molecule has 0 amide bonds. The van der Waals surface area contributed by atoms with Gasteiger partial charge in [-0.15, -0.1) is 0 Å². The molecule has 1 aliphatic heterocycles. The van der Waals surface area contributed by atoms with Crippen molar-refractivity contribution in [2.75, 3.05) is 31.1 Å². The topological polar surface area (TPSA) is 64.9 Å². The number of hydrogen-bond acceptors (Lipinski definition) is 4. The Morgan fingerprint density at radius 3 is 2.45 bits per heavy atom. The van der Waals surface area contributed by atoms with Gasteiger partial charge in [0.15, 0.2) is 17.4 Å². The molecule has 0 bridgehead atoms. The fraction of sp³-hybridized carbons (Fsp3) is 0.333. The number of nitrogens with one attached hydrogen (secondary N) is 1. The molecule has 0 aliphatic carbocycles. The number of ketones is 1. The lowest BCUT2D eigenvalue weighted by Crippen LogP contribution is -3.19. The van der Waals surface area contributed by atoms with Crippen LogP contribution in [0.25, 0.3) is 0 Å². The Labute approximate surface area is 172 Å². The minimum atomic E-state index is -1.33. The lowest BCUT2D eigenvalue weighted by molar-refractivity contribution is -0.918. The van der Waals surface area contributed by atoms with Crippen LogP contribution in [0, 0.1) is 18.6 Å². The van der Waals surface area contributed by atoms with E-state index < -0.39 is 29.4 Å². The highest BCUT2D eigenvalue weighted by molar-refractivity contribution is 6.30. The van der Waals surface area contributed by atoms with Crippen LogP contribution in [-0.2, 0) is 4.79 Å². The van der Waals surface area contributed by atoms with Gasteiger partial charge in [0.05, 0.1) is 38.6 Å². The molecule has 1 N–H and O–H groups in total. The predicted octanol–water partition coefficient (Wildman–Crippen LogP) is 1.02. The molecule has 1 atom stereocenters. The number of Topliss-reactive ketones (excluding diaryl/α,β-unsaturated/α-hetero) is 1. The van der Waals surface area contributed by atoms with Gasteiger partial charge in [-0.3, -0.25) is 4.79 Å². The molecule has 8 heteroatoms. The molecule has 2 aromatic rings. The first kappa shape index (κ1) is 21.2. The normalized spacial score (nSPS) is 15.9. The fourth-order valence-electron chi connectivity index (χ4n) is 3.67. The molecule has 1 fully saturated rings. The van der Waals surface area contributed by atoms with E-state index in [1.165, 1.54) is 0 Å². The number of carbonyl (C=O) groups is 2. The van der Waals surface area contributed by atoms with Crippen molar-refractivity contribution < 1.29 is 28.4 Å². The number of quaternary nitrogens is 1. The van der Waals surface area contributed by atoms with Crippen LogP contribution in [-0.4, -0.2) is 44.0 Å². The van der Waals surface area contributed by atoms with Crippen molar-refractivity contribution in [2.45, 2.75) is 19.4 Å². The number of piperazine rings is 1. The number of carbonyl (C=O) groups excluding carboxylic acids is 2. The largest absolute Gasteiger partial charge is 0.544 e. The quantitative estimate of drug-likeness (QED) is 0.706. The molecule has 2 aromatic carbocycles. The summed E-state index contributed by atoms with van der Waals surface area (Å²) in [5.74, 6) is -4.09. The van der Waals surface area contributed by atoms with Crippen LogP contribution in [0.4, 0.5) is 14.5 Å². The van der Waals surface area contributed by atoms with Crippen molar-refractivity contribution >= 4 is 29.0 Å². The summed E-state index contributed by atoms with van der Waals surface area (Å²) in [6.45, 7) is 4.17. The lowest BCUT2D eigenvalue weighted by atomic mass is 10.0. The molecule has 1 aliphatic rings. The SMILES string of the molecule is Cc1ccc(Cl)cc1N1CC[NH+]([C@H](CC(=O)c2ccc(F)c(F)c2)C(=O)[O-])CC1. The van der Waals surface area contributed by atoms with E-state index in [0.717, 1.165) is 34.3 Å². The summed E-state index contributed by atoms with van der Waals surface area (Å²) in [5, 5.41) is 12.3. The zero-order valence-corrected chi connectivity index (χ0v) is 16.6. The van der Waals surface area contributed by atoms with Crippen molar-refractivity contribution in [3.8, 4) is 0 Å². The molecular weight excluding hydrogens is 402 g/mol. The standard InChI is InChI=1S/C21H21ClF2N2O3/c1-13-2-4-15(22)11-18(13)25-6-8-26(9-7-25)19(21(28)29)12-20(27)14-3-5-16(23)17(24)10-14/h2-5,10-11,19H,6-9,12H2,1H3,(H,28,29)/t19-/m1/s1. The smallest absolute Gasteiger partial charge is 0.169 e. The molecule has 0 saturated carbocycles. The predicted molar refractivity (Wildman–Crippen MR) is 103 cm³/mol. The molecule has 0 unspecified atom stereocenters. The first-order chi connectivity index (χ1) is 13.8. The van der Waals surface area contributed by atoms with E-state index in [0.29, 0.717) is 31.2 Å². The molecule has 0 aromatic heterocycles. The minimum Gasteiger partial charge on any atom is -0.544 e. The number of hydrogen-bond donors (Lipinski definition) is 1. The molecule has 3 rings (SSSR count). The number of carboxylic acid groups (broad SMARTS) is 1. The number of aliphatic carboxylic acids is 1. The zero-order chi connectivity index (χ0) is 21.1. The molecule has 1 saturated heterocycles. The fourth-order valence-corrected chi connectivity index (χ4v) is 3.84. The second-order valence-corrected chi connectivity index (χ2v) is 7.64. The molecule has 0 radical (unpaired) electrons. The van der Waals surface area contributed by atoms with Crippen molar-refractivity contribution in [1.29, 1.82) is 0 Å². The second-order valence-electron chi connectivity index (χ2n) is 7.20. The first-order valence-corrected chi connectivity index (χ1v) is 9.69. The summed E-state index contributed by atoms with van der Waals surface area (Å²) in [4.78, 5) is 27.0. The minimum absolute atomic E-state index is 0.0530. The van der Waals surface area contributed by atoms with E-state index in [2.05, 4.69) is 4.90 Å². The third-order valence-corrected chi connectivity index (χ3v) is 5.56. The lowest BCUT2D eigenvalue weighted by Gasteiger charge is -2.38. The van der Waals surface area contributed by atoms with Crippen molar-refractivity contribution in [2.24, 2.45) is 0 Å². The Hall–Kier alpha value is -2.51. The highest BCUT2D eigenvalue weighted by atomic mass is 35.5. The van der Waals surface area contributed by atoms with Gasteiger partial charge in [0.25, 0.3) is 0 Å². The number of nitrogens with zero attached hydrogens (tertiary/aromatic N) is 1. The van der Waals surface area contributed by atoms with Crippen LogP contribution in [0.3, 0.4) is 0 Å². The van der Waals surface area contributed by atoms with Gasteiger partial charge in [0.1, 0.15) is 6.04 Å². The summed E-state index contributed by atoms with van der Waals surface area (Å²) in [7, 11) is 0. The van der Waals surface area contributed by atoms with Crippen molar-refractivity contribution in [3.63, 3.8) is 0 Å². The van der Waals surface area contributed by atoms with Crippen LogP contribution in [0.5, 0.6) is 0 Å². The van der Waals surface area contributed by atoms with Crippen LogP contribution >= 0.6 is 11.6 Å². The van der Waals surface area contributed by atoms with E-state index >= 15 is 0 Å². The molecule has 1 heterocycles. The van der Waals surface area contributed by atoms with Gasteiger partial charge in [0.2, 0.25) is 0 Å². The number of rotatable bonds is 6. The zero-order valence-electron chi connectivity index (χ0n) is 15.9. The third kappa shape index (κ3) is 4.92. The molecule has 154 valence electrons. The maximum atomic E-state index is 13.4. The van der Waals surface area contributed by atoms with E-state index in [1.54, 1.807) is 0 Å². The Bertz CT molecular complexity index is 930. The molecule has 29 heavy (non-hydrogen) atoms. The summed E-state index contributed by atoms with van der Waals surface area (Å²) < 4.78 is 26.4.